The van der Waals surface area contributed by atoms with E-state index >= 15 is 0 Å². The van der Waals surface area contributed by atoms with Crippen molar-refractivity contribution in [3.8, 4) is 0 Å². The Kier molecular flexibility index (Phi) is 15.8. The van der Waals surface area contributed by atoms with Gasteiger partial charge in [0.25, 0.3) is 0 Å². The van der Waals surface area contributed by atoms with Crippen molar-refractivity contribution in [2.75, 3.05) is 6.61 Å². The van der Waals surface area contributed by atoms with Crippen LogP contribution in [0, 0.1) is 0 Å². The average molecular weight is 289 g/mol. The average Bonchev–Trinajstić information content (AvgIpc) is 2.41. The first kappa shape index (κ1) is 21.5. The van der Waals surface area contributed by atoms with E-state index in [0.29, 0.717) is 0 Å². The fraction of sp³-hybridized carbons (Fsp3) is 0.938. The van der Waals surface area contributed by atoms with Gasteiger partial charge in [-0.05, 0) is 26.2 Å². The van der Waals surface area contributed by atoms with Crippen LogP contribution in [-0.4, -0.2) is 23.4 Å². The molecule has 4 heteroatoms. The lowest BCUT2D eigenvalue weighted by Crippen LogP contribution is -2.39. The molecule has 0 aromatic rings. The summed E-state index contributed by atoms with van der Waals surface area (Å²) in [6.45, 7) is 8.60. The molecule has 0 radical (unpaired) electrons. The van der Waals surface area contributed by atoms with Gasteiger partial charge in [0.15, 0.2) is 0 Å². The molecule has 0 fully saturated rings. The Bertz CT molecular complexity index is 198. The van der Waals surface area contributed by atoms with Gasteiger partial charge in [0.05, 0.1) is 6.61 Å². The molecule has 122 valence electrons. The van der Waals surface area contributed by atoms with E-state index in [2.05, 4.69) is 25.5 Å². The van der Waals surface area contributed by atoms with Gasteiger partial charge in [-0.15, -0.1) is 0 Å². The van der Waals surface area contributed by atoms with Gasteiger partial charge in [-0.2, -0.15) is 0 Å². The summed E-state index contributed by atoms with van der Waals surface area (Å²) in [5.41, 5.74) is 6.61. The van der Waals surface area contributed by atoms with E-state index in [9.17, 15) is 4.79 Å². The quantitative estimate of drug-likeness (QED) is 0.558. The van der Waals surface area contributed by atoms with Crippen molar-refractivity contribution in [3.63, 3.8) is 0 Å². The third-order valence-corrected chi connectivity index (χ3v) is 3.35. The van der Waals surface area contributed by atoms with E-state index in [4.69, 9.17) is 10.8 Å². The van der Waals surface area contributed by atoms with Crippen LogP contribution in [-0.2, 0) is 4.74 Å². The standard InChI is InChI=1S/C13H29N.C3H6O3/c1-4-7-10-13(14,11-8-5-2)12-9-6-3;1-2-6-3(4)5/h4-12,14H2,1-3H3;2H2,1H3,(H,4,5). The summed E-state index contributed by atoms with van der Waals surface area (Å²) < 4.78 is 3.96. The largest absolute Gasteiger partial charge is 0.505 e. The number of hydrogen-bond donors (Lipinski definition) is 2. The van der Waals surface area contributed by atoms with Crippen LogP contribution < -0.4 is 5.73 Å². The van der Waals surface area contributed by atoms with Crippen LogP contribution >= 0.6 is 0 Å². The smallest absolute Gasteiger partial charge is 0.450 e. The molecule has 0 aromatic heterocycles. The molecular weight excluding hydrogens is 254 g/mol. The van der Waals surface area contributed by atoms with E-state index in [1.165, 1.54) is 57.8 Å². The number of nitrogens with two attached hydrogens (primary N) is 1. The summed E-state index contributed by atoms with van der Waals surface area (Å²) in [6.07, 6.45) is 10.2. The van der Waals surface area contributed by atoms with Crippen LogP contribution in [0.3, 0.4) is 0 Å². The number of hydrogen-bond acceptors (Lipinski definition) is 3. The Morgan fingerprint density at radius 1 is 0.950 bits per heavy atom. The maximum Gasteiger partial charge on any atom is 0.505 e. The van der Waals surface area contributed by atoms with Gasteiger partial charge >= 0.3 is 6.16 Å². The summed E-state index contributed by atoms with van der Waals surface area (Å²) in [5.74, 6) is 0. The summed E-state index contributed by atoms with van der Waals surface area (Å²) in [7, 11) is 0. The van der Waals surface area contributed by atoms with Gasteiger partial charge in [-0.1, -0.05) is 59.3 Å². The zero-order chi connectivity index (χ0) is 15.9. The highest BCUT2D eigenvalue weighted by Crippen LogP contribution is 2.24. The van der Waals surface area contributed by atoms with Crippen molar-refractivity contribution in [1.82, 2.24) is 0 Å². The molecule has 0 unspecified atom stereocenters. The van der Waals surface area contributed by atoms with Crippen LogP contribution in [0.1, 0.15) is 85.5 Å². The molecule has 0 spiro atoms. The zero-order valence-electron chi connectivity index (χ0n) is 13.9. The molecule has 0 atom stereocenters. The van der Waals surface area contributed by atoms with Gasteiger partial charge in [-0.25, -0.2) is 4.79 Å². The third-order valence-electron chi connectivity index (χ3n) is 3.35. The molecule has 0 aliphatic heterocycles. The van der Waals surface area contributed by atoms with Gasteiger partial charge in [0, 0.05) is 5.54 Å². The number of carbonyl (C=O) groups is 1. The molecular formula is C16H35NO3. The summed E-state index contributed by atoms with van der Waals surface area (Å²) in [6, 6.07) is 0. The fourth-order valence-electron chi connectivity index (χ4n) is 2.08. The molecule has 0 heterocycles. The first-order chi connectivity index (χ1) is 9.45. The van der Waals surface area contributed by atoms with E-state index in [1.807, 2.05) is 0 Å². The first-order valence-corrected chi connectivity index (χ1v) is 8.10. The second kappa shape index (κ2) is 14.6. The minimum absolute atomic E-state index is 0.155. The Balaban J connectivity index is 0. The Hall–Kier alpha value is -0.770. The van der Waals surface area contributed by atoms with Crippen LogP contribution in [0.4, 0.5) is 4.79 Å². The fourth-order valence-corrected chi connectivity index (χ4v) is 2.08. The molecule has 0 aliphatic rings. The second-order valence-corrected chi connectivity index (χ2v) is 5.37. The first-order valence-electron chi connectivity index (χ1n) is 8.10. The predicted octanol–water partition coefficient (Wildman–Crippen LogP) is 4.96. The highest BCUT2D eigenvalue weighted by molar-refractivity contribution is 5.56. The SMILES string of the molecule is CCCCC(N)(CCCC)CCCC.CCOC(=O)O. The van der Waals surface area contributed by atoms with Gasteiger partial charge in [0.2, 0.25) is 0 Å². The van der Waals surface area contributed by atoms with Crippen LogP contribution in [0.5, 0.6) is 0 Å². The number of unbranched alkanes of at least 4 members (excludes halogenated alkanes) is 3. The van der Waals surface area contributed by atoms with E-state index in [0.717, 1.165) is 0 Å². The van der Waals surface area contributed by atoms with Gasteiger partial charge in [0.1, 0.15) is 0 Å². The Labute approximate surface area is 125 Å². The topological polar surface area (TPSA) is 72.5 Å². The number of carboxylic acid groups (broad SMARTS) is 1. The third kappa shape index (κ3) is 15.3. The number of rotatable bonds is 10. The molecule has 0 saturated carbocycles. The lowest BCUT2D eigenvalue weighted by molar-refractivity contribution is 0.0966. The number of ether oxygens (including phenoxy) is 1. The summed E-state index contributed by atoms with van der Waals surface area (Å²) >= 11 is 0. The normalized spacial score (nSPS) is 10.7. The van der Waals surface area contributed by atoms with Gasteiger partial charge < -0.3 is 15.6 Å². The molecule has 4 nitrogen and oxygen atoms in total. The minimum atomic E-state index is -1.21. The Morgan fingerprint density at radius 3 is 1.45 bits per heavy atom. The lowest BCUT2D eigenvalue weighted by Gasteiger charge is -2.29. The monoisotopic (exact) mass is 289 g/mol. The van der Waals surface area contributed by atoms with Crippen molar-refractivity contribution in [1.29, 1.82) is 0 Å². The molecule has 0 rings (SSSR count). The lowest BCUT2D eigenvalue weighted by atomic mass is 9.84. The van der Waals surface area contributed by atoms with E-state index in [-0.39, 0.29) is 12.1 Å². The van der Waals surface area contributed by atoms with Crippen molar-refractivity contribution >= 4 is 6.16 Å². The zero-order valence-corrected chi connectivity index (χ0v) is 13.9. The summed E-state index contributed by atoms with van der Waals surface area (Å²) in [5, 5.41) is 7.69. The highest BCUT2D eigenvalue weighted by Gasteiger charge is 2.22. The highest BCUT2D eigenvalue weighted by atomic mass is 16.7. The maximum atomic E-state index is 9.38. The second-order valence-electron chi connectivity index (χ2n) is 5.37. The molecule has 0 amide bonds. The van der Waals surface area contributed by atoms with Crippen molar-refractivity contribution in [3.05, 3.63) is 0 Å². The minimum Gasteiger partial charge on any atom is -0.450 e. The van der Waals surface area contributed by atoms with Crippen molar-refractivity contribution < 1.29 is 14.6 Å². The van der Waals surface area contributed by atoms with Crippen molar-refractivity contribution in [2.24, 2.45) is 5.73 Å². The van der Waals surface area contributed by atoms with Crippen molar-refractivity contribution in [2.45, 2.75) is 91.0 Å². The van der Waals surface area contributed by atoms with Crippen LogP contribution in [0.15, 0.2) is 0 Å². The summed E-state index contributed by atoms with van der Waals surface area (Å²) in [4.78, 5) is 9.38. The molecule has 3 N–H and O–H groups in total. The Morgan fingerprint density at radius 2 is 1.30 bits per heavy atom. The van der Waals surface area contributed by atoms with Crippen LogP contribution in [0.2, 0.25) is 0 Å². The molecule has 0 aromatic carbocycles. The molecule has 20 heavy (non-hydrogen) atoms. The maximum absolute atomic E-state index is 9.38. The van der Waals surface area contributed by atoms with E-state index < -0.39 is 6.16 Å². The molecule has 0 bridgehead atoms. The molecule has 0 aliphatic carbocycles. The van der Waals surface area contributed by atoms with E-state index in [1.54, 1.807) is 6.92 Å². The molecule has 0 saturated heterocycles. The van der Waals surface area contributed by atoms with Gasteiger partial charge in [-0.3, -0.25) is 0 Å². The van der Waals surface area contributed by atoms with Crippen LogP contribution in [0.25, 0.3) is 0 Å². The predicted molar refractivity (Wildman–Crippen MR) is 85.1 cm³/mol.